The smallest absolute Gasteiger partial charge is 0.261 e. The average molecular weight is 475 g/mol. The maximum Gasteiger partial charge on any atom is 0.261 e. The molecule has 0 saturated heterocycles. The summed E-state index contributed by atoms with van der Waals surface area (Å²) in [5, 5.41) is 2.81. The standard InChI is InChI=1S/C21H19BrN2O4S/c1-28-20-12-11-16(13-18(20)22)29(26,27)24-19-10-6-5-9-17(19)21(25)23-14-15-7-3-2-4-8-15/h2-13,24H,14H2,1H3,(H,23,25). The van der Waals surface area contributed by atoms with Crippen molar-refractivity contribution in [2.45, 2.75) is 11.4 Å². The second-order valence-corrected chi connectivity index (χ2v) is 8.65. The summed E-state index contributed by atoms with van der Waals surface area (Å²) in [6.07, 6.45) is 0. The molecule has 0 aromatic heterocycles. The van der Waals surface area contributed by atoms with Crippen molar-refractivity contribution in [2.75, 3.05) is 11.8 Å². The summed E-state index contributed by atoms with van der Waals surface area (Å²) in [6.45, 7) is 0.339. The molecule has 29 heavy (non-hydrogen) atoms. The third-order valence-corrected chi connectivity index (χ3v) is 6.13. The normalized spacial score (nSPS) is 11.0. The molecule has 150 valence electrons. The van der Waals surface area contributed by atoms with Crippen molar-refractivity contribution in [3.8, 4) is 5.75 Å². The minimum Gasteiger partial charge on any atom is -0.496 e. The number of anilines is 1. The van der Waals surface area contributed by atoms with Gasteiger partial charge in [-0.3, -0.25) is 9.52 Å². The Hall–Kier alpha value is -2.84. The van der Waals surface area contributed by atoms with E-state index >= 15 is 0 Å². The van der Waals surface area contributed by atoms with Gasteiger partial charge in [-0.25, -0.2) is 8.42 Å². The van der Waals surface area contributed by atoms with Crippen LogP contribution < -0.4 is 14.8 Å². The number of methoxy groups -OCH3 is 1. The Morgan fingerprint density at radius 1 is 1.00 bits per heavy atom. The Morgan fingerprint density at radius 2 is 1.69 bits per heavy atom. The van der Waals surface area contributed by atoms with Crippen LogP contribution in [0.5, 0.6) is 5.75 Å². The highest BCUT2D eigenvalue weighted by Crippen LogP contribution is 2.28. The van der Waals surface area contributed by atoms with Crippen molar-refractivity contribution in [1.82, 2.24) is 5.32 Å². The summed E-state index contributed by atoms with van der Waals surface area (Å²) in [7, 11) is -2.40. The average Bonchev–Trinajstić information content (AvgIpc) is 2.73. The number of hydrogen-bond donors (Lipinski definition) is 2. The van der Waals surface area contributed by atoms with Gasteiger partial charge in [-0.1, -0.05) is 42.5 Å². The highest BCUT2D eigenvalue weighted by Gasteiger charge is 2.19. The molecule has 3 aromatic rings. The van der Waals surface area contributed by atoms with Gasteiger partial charge in [0.2, 0.25) is 0 Å². The predicted octanol–water partition coefficient (Wildman–Crippen LogP) is 4.19. The van der Waals surface area contributed by atoms with E-state index in [-0.39, 0.29) is 22.1 Å². The fourth-order valence-corrected chi connectivity index (χ4v) is 4.46. The number of carbonyl (C=O) groups excluding carboxylic acids is 1. The van der Waals surface area contributed by atoms with Crippen LogP contribution >= 0.6 is 15.9 Å². The molecular weight excluding hydrogens is 456 g/mol. The number of halogens is 1. The topological polar surface area (TPSA) is 84.5 Å². The molecule has 0 atom stereocenters. The third kappa shape index (κ3) is 5.16. The highest BCUT2D eigenvalue weighted by atomic mass is 79.9. The van der Waals surface area contributed by atoms with Crippen LogP contribution in [0.1, 0.15) is 15.9 Å². The van der Waals surface area contributed by atoms with Gasteiger partial charge in [-0.05, 0) is 51.8 Å². The van der Waals surface area contributed by atoms with Gasteiger partial charge in [-0.15, -0.1) is 0 Å². The first kappa shape index (κ1) is 20.9. The number of para-hydroxylation sites is 1. The number of sulfonamides is 1. The zero-order chi connectivity index (χ0) is 20.9. The van der Waals surface area contributed by atoms with Gasteiger partial charge in [-0.2, -0.15) is 0 Å². The monoisotopic (exact) mass is 474 g/mol. The third-order valence-electron chi connectivity index (χ3n) is 4.15. The highest BCUT2D eigenvalue weighted by molar-refractivity contribution is 9.10. The molecule has 2 N–H and O–H groups in total. The van der Waals surface area contributed by atoms with Crippen LogP contribution in [0, 0.1) is 0 Å². The molecule has 0 saturated carbocycles. The minimum atomic E-state index is -3.90. The van der Waals surface area contributed by atoms with Gasteiger partial charge in [0.15, 0.2) is 0 Å². The molecular formula is C21H19BrN2O4S. The van der Waals surface area contributed by atoms with Crippen molar-refractivity contribution in [1.29, 1.82) is 0 Å². The molecule has 3 aromatic carbocycles. The number of rotatable bonds is 7. The van der Waals surface area contributed by atoms with Crippen LogP contribution in [0.4, 0.5) is 5.69 Å². The van der Waals surface area contributed by atoms with Gasteiger partial charge in [0, 0.05) is 6.54 Å². The van der Waals surface area contributed by atoms with E-state index in [2.05, 4.69) is 26.0 Å². The molecule has 3 rings (SSSR count). The van der Waals surface area contributed by atoms with Crippen LogP contribution in [-0.4, -0.2) is 21.4 Å². The lowest BCUT2D eigenvalue weighted by Crippen LogP contribution is -2.25. The number of amides is 1. The molecule has 6 nitrogen and oxygen atoms in total. The summed E-state index contributed by atoms with van der Waals surface area (Å²) in [6, 6.07) is 20.4. The maximum atomic E-state index is 12.8. The van der Waals surface area contributed by atoms with E-state index in [1.165, 1.54) is 19.2 Å². The molecule has 0 aliphatic rings. The van der Waals surface area contributed by atoms with Gasteiger partial charge in [0.25, 0.3) is 15.9 Å². The Balaban J connectivity index is 1.81. The zero-order valence-corrected chi connectivity index (χ0v) is 18.0. The lowest BCUT2D eigenvalue weighted by atomic mass is 10.1. The molecule has 8 heteroatoms. The molecule has 0 aliphatic carbocycles. The van der Waals surface area contributed by atoms with E-state index in [9.17, 15) is 13.2 Å². The first-order chi connectivity index (χ1) is 13.9. The summed E-state index contributed by atoms with van der Waals surface area (Å²) in [5.41, 5.74) is 1.38. The number of carbonyl (C=O) groups is 1. The molecule has 0 unspecified atom stereocenters. The summed E-state index contributed by atoms with van der Waals surface area (Å²) in [4.78, 5) is 12.7. The number of hydrogen-bond acceptors (Lipinski definition) is 4. The summed E-state index contributed by atoms with van der Waals surface area (Å²) in [5.74, 6) is 0.146. The van der Waals surface area contributed by atoms with E-state index in [0.717, 1.165) is 5.56 Å². The molecule has 0 bridgehead atoms. The van der Waals surface area contributed by atoms with Crippen LogP contribution in [0.3, 0.4) is 0 Å². The minimum absolute atomic E-state index is 0.0460. The Morgan fingerprint density at radius 3 is 2.38 bits per heavy atom. The molecule has 0 radical (unpaired) electrons. The quantitative estimate of drug-likeness (QED) is 0.537. The summed E-state index contributed by atoms with van der Waals surface area (Å²) < 4.78 is 33.7. The van der Waals surface area contributed by atoms with Gasteiger partial charge < -0.3 is 10.1 Å². The Bertz CT molecular complexity index is 1120. The summed E-state index contributed by atoms with van der Waals surface area (Å²) >= 11 is 3.28. The molecule has 0 heterocycles. The first-order valence-electron chi connectivity index (χ1n) is 8.68. The molecule has 0 fully saturated rings. The van der Waals surface area contributed by atoms with Crippen LogP contribution in [0.2, 0.25) is 0 Å². The van der Waals surface area contributed by atoms with Crippen LogP contribution in [0.25, 0.3) is 0 Å². The SMILES string of the molecule is COc1ccc(S(=O)(=O)Nc2ccccc2C(=O)NCc2ccccc2)cc1Br. The largest absolute Gasteiger partial charge is 0.496 e. The lowest BCUT2D eigenvalue weighted by Gasteiger charge is -2.13. The van der Waals surface area contributed by atoms with Gasteiger partial charge in [0.05, 0.1) is 27.7 Å². The number of ether oxygens (including phenoxy) is 1. The van der Waals surface area contributed by atoms with Crippen LogP contribution in [-0.2, 0) is 16.6 Å². The Kier molecular flexibility index (Phi) is 6.56. The predicted molar refractivity (Wildman–Crippen MR) is 116 cm³/mol. The Labute approximate surface area is 178 Å². The molecule has 0 aliphatic heterocycles. The van der Waals surface area contributed by atoms with Crippen molar-refractivity contribution < 1.29 is 17.9 Å². The lowest BCUT2D eigenvalue weighted by molar-refractivity contribution is 0.0952. The van der Waals surface area contributed by atoms with Gasteiger partial charge in [0.1, 0.15) is 5.75 Å². The van der Waals surface area contributed by atoms with Crippen molar-refractivity contribution in [3.63, 3.8) is 0 Å². The van der Waals surface area contributed by atoms with Crippen molar-refractivity contribution >= 4 is 37.5 Å². The fourth-order valence-electron chi connectivity index (χ4n) is 2.66. The second kappa shape index (κ2) is 9.11. The van der Waals surface area contributed by atoms with E-state index < -0.39 is 10.0 Å². The van der Waals surface area contributed by atoms with E-state index in [1.54, 1.807) is 30.3 Å². The zero-order valence-electron chi connectivity index (χ0n) is 15.6. The first-order valence-corrected chi connectivity index (χ1v) is 11.0. The van der Waals surface area contributed by atoms with Gasteiger partial charge >= 0.3 is 0 Å². The van der Waals surface area contributed by atoms with Crippen LogP contribution in [0.15, 0.2) is 82.2 Å². The van der Waals surface area contributed by atoms with E-state index in [4.69, 9.17) is 4.74 Å². The van der Waals surface area contributed by atoms with Crippen molar-refractivity contribution in [2.24, 2.45) is 0 Å². The number of benzene rings is 3. The molecule has 0 spiro atoms. The van der Waals surface area contributed by atoms with E-state index in [1.807, 2.05) is 30.3 Å². The molecule has 1 amide bonds. The number of nitrogens with one attached hydrogen (secondary N) is 2. The fraction of sp³-hybridized carbons (Fsp3) is 0.0952. The maximum absolute atomic E-state index is 12.8. The van der Waals surface area contributed by atoms with Crippen molar-refractivity contribution in [3.05, 3.63) is 88.4 Å². The second-order valence-electron chi connectivity index (χ2n) is 6.12. The van der Waals surface area contributed by atoms with E-state index in [0.29, 0.717) is 16.8 Å².